The lowest BCUT2D eigenvalue weighted by atomic mass is 9.82. The molecule has 0 aromatic rings. The predicted molar refractivity (Wildman–Crippen MR) is 41.0 cm³/mol. The summed E-state index contributed by atoms with van der Waals surface area (Å²) in [5, 5.41) is 7.88. The Kier molecular flexibility index (Phi) is 1.91. The van der Waals surface area contributed by atoms with Gasteiger partial charge in [-0.05, 0) is 37.8 Å². The number of hydrogen-bond acceptors (Lipinski definition) is 1. The lowest BCUT2D eigenvalue weighted by Gasteiger charge is -2.35. The molecule has 0 aromatic carbocycles. The minimum absolute atomic E-state index is 0.926. The highest BCUT2D eigenvalue weighted by Gasteiger charge is 2.27. The fraction of sp³-hybridized carbons (Fsp3) is 1.00. The maximum absolute atomic E-state index is 4.43. The van der Waals surface area contributed by atoms with E-state index in [4.69, 9.17) is 0 Å². The molecule has 0 saturated carbocycles. The van der Waals surface area contributed by atoms with Gasteiger partial charge in [0, 0.05) is 13.1 Å². The van der Waals surface area contributed by atoms with Crippen LogP contribution in [0.5, 0.6) is 0 Å². The molecule has 57 valence electrons. The molecule has 0 unspecified atom stereocenters. The van der Waals surface area contributed by atoms with Crippen molar-refractivity contribution in [2.45, 2.75) is 12.8 Å². The Bertz CT molecular complexity index is 87.8. The van der Waals surface area contributed by atoms with Gasteiger partial charge in [0.05, 0.1) is 0 Å². The van der Waals surface area contributed by atoms with Crippen molar-refractivity contribution in [1.29, 1.82) is 0 Å². The van der Waals surface area contributed by atoms with Crippen molar-refractivity contribution in [1.82, 2.24) is 10.6 Å². The minimum Gasteiger partial charge on any atom is -0.316 e. The van der Waals surface area contributed by atoms with E-state index in [1.807, 2.05) is 0 Å². The van der Waals surface area contributed by atoms with Crippen molar-refractivity contribution >= 4 is 0 Å². The number of hydrogen-bond donors (Lipinski definition) is 1. The van der Waals surface area contributed by atoms with Gasteiger partial charge in [-0.2, -0.15) is 0 Å². The standard InChI is InChI=1S/C8H15N2/c1-3-9-6-8-2-4-10-5-7(1)8/h7-9H,1-6H2/t7-,8-/m0/s1. The van der Waals surface area contributed by atoms with Gasteiger partial charge < -0.3 is 5.32 Å². The number of nitrogens with one attached hydrogen (secondary N) is 1. The molecule has 2 atom stereocenters. The van der Waals surface area contributed by atoms with Crippen molar-refractivity contribution < 1.29 is 0 Å². The summed E-state index contributed by atoms with van der Waals surface area (Å²) in [5.74, 6) is 1.88. The Hall–Kier alpha value is -0.0800. The highest BCUT2D eigenvalue weighted by molar-refractivity contribution is 4.83. The van der Waals surface area contributed by atoms with Gasteiger partial charge in [-0.25, -0.2) is 5.32 Å². The smallest absolute Gasteiger partial charge is 0.0165 e. The minimum atomic E-state index is 0.926. The van der Waals surface area contributed by atoms with Crippen LogP contribution in [0.15, 0.2) is 0 Å². The molecule has 2 rings (SSSR count). The van der Waals surface area contributed by atoms with Crippen LogP contribution in [0.3, 0.4) is 0 Å². The number of rotatable bonds is 0. The zero-order valence-electron chi connectivity index (χ0n) is 6.34. The molecule has 2 heteroatoms. The maximum atomic E-state index is 4.43. The van der Waals surface area contributed by atoms with Gasteiger partial charge in [0.25, 0.3) is 0 Å². The van der Waals surface area contributed by atoms with Crippen molar-refractivity contribution in [2.75, 3.05) is 26.2 Å². The van der Waals surface area contributed by atoms with E-state index in [-0.39, 0.29) is 0 Å². The van der Waals surface area contributed by atoms with Crippen LogP contribution in [-0.2, 0) is 0 Å². The van der Waals surface area contributed by atoms with Crippen molar-refractivity contribution in [3.63, 3.8) is 0 Å². The molecule has 1 N–H and O–H groups in total. The molecule has 0 bridgehead atoms. The average Bonchev–Trinajstić information content (AvgIpc) is 2.05. The first-order chi connectivity index (χ1) is 4.97. The highest BCUT2D eigenvalue weighted by Crippen LogP contribution is 2.24. The van der Waals surface area contributed by atoms with E-state index < -0.39 is 0 Å². The lowest BCUT2D eigenvalue weighted by molar-refractivity contribution is 0.198. The largest absolute Gasteiger partial charge is 0.316 e. The summed E-state index contributed by atoms with van der Waals surface area (Å²) in [6, 6.07) is 0. The Morgan fingerprint density at radius 1 is 1.20 bits per heavy atom. The lowest BCUT2D eigenvalue weighted by Crippen LogP contribution is -2.43. The molecule has 0 aliphatic carbocycles. The van der Waals surface area contributed by atoms with E-state index in [9.17, 15) is 0 Å². The van der Waals surface area contributed by atoms with Crippen LogP contribution in [-0.4, -0.2) is 26.2 Å². The molecule has 2 heterocycles. The Morgan fingerprint density at radius 2 is 2.20 bits per heavy atom. The van der Waals surface area contributed by atoms with Crippen molar-refractivity contribution in [2.24, 2.45) is 11.8 Å². The van der Waals surface area contributed by atoms with Crippen LogP contribution < -0.4 is 10.6 Å². The first-order valence-corrected chi connectivity index (χ1v) is 4.31. The van der Waals surface area contributed by atoms with E-state index >= 15 is 0 Å². The van der Waals surface area contributed by atoms with Gasteiger partial charge in [-0.1, -0.05) is 0 Å². The van der Waals surface area contributed by atoms with Crippen LogP contribution >= 0.6 is 0 Å². The van der Waals surface area contributed by atoms with E-state index in [0.717, 1.165) is 24.9 Å². The third kappa shape index (κ3) is 1.18. The summed E-state index contributed by atoms with van der Waals surface area (Å²) in [4.78, 5) is 0. The second kappa shape index (κ2) is 2.89. The zero-order valence-corrected chi connectivity index (χ0v) is 6.34. The second-order valence-corrected chi connectivity index (χ2v) is 3.43. The van der Waals surface area contributed by atoms with Crippen LogP contribution in [0.25, 0.3) is 0 Å². The SMILES string of the molecule is C1C[C@H]2CNCC[C@H]2C[N]1. The zero-order chi connectivity index (χ0) is 6.81. The van der Waals surface area contributed by atoms with Gasteiger partial charge in [0.2, 0.25) is 0 Å². The molecule has 2 aliphatic rings. The van der Waals surface area contributed by atoms with Crippen LogP contribution in [0.4, 0.5) is 0 Å². The topological polar surface area (TPSA) is 26.1 Å². The summed E-state index contributed by atoms with van der Waals surface area (Å²) in [6.45, 7) is 4.73. The quantitative estimate of drug-likeness (QED) is 0.510. The Balaban J connectivity index is 1.93. The summed E-state index contributed by atoms with van der Waals surface area (Å²) in [6.07, 6.45) is 2.69. The second-order valence-electron chi connectivity index (χ2n) is 3.43. The third-order valence-electron chi connectivity index (χ3n) is 2.79. The van der Waals surface area contributed by atoms with E-state index in [1.165, 1.54) is 25.9 Å². The van der Waals surface area contributed by atoms with Gasteiger partial charge >= 0.3 is 0 Å². The molecular weight excluding hydrogens is 124 g/mol. The number of fused-ring (bicyclic) bond motifs is 1. The van der Waals surface area contributed by atoms with Crippen LogP contribution in [0.1, 0.15) is 12.8 Å². The summed E-state index contributed by atoms with van der Waals surface area (Å²) < 4.78 is 0. The fourth-order valence-corrected chi connectivity index (χ4v) is 2.07. The molecule has 2 aliphatic heterocycles. The highest BCUT2D eigenvalue weighted by atomic mass is 14.9. The van der Waals surface area contributed by atoms with Gasteiger partial charge in [0.15, 0.2) is 0 Å². The Labute approximate surface area is 62.4 Å². The first kappa shape index (κ1) is 6.62. The predicted octanol–water partition coefficient (Wildman–Crippen LogP) is 0.220. The third-order valence-corrected chi connectivity index (χ3v) is 2.79. The van der Waals surface area contributed by atoms with Gasteiger partial charge in [0.1, 0.15) is 0 Å². The normalized spacial score (nSPS) is 40.8. The summed E-state index contributed by atoms with van der Waals surface area (Å²) in [7, 11) is 0. The maximum Gasteiger partial charge on any atom is 0.0165 e. The molecular formula is C8H15N2. The summed E-state index contributed by atoms with van der Waals surface area (Å²) >= 11 is 0. The fourth-order valence-electron chi connectivity index (χ4n) is 2.07. The van der Waals surface area contributed by atoms with Crippen LogP contribution in [0.2, 0.25) is 0 Å². The number of nitrogens with zero attached hydrogens (tertiary/aromatic N) is 1. The molecule has 2 fully saturated rings. The van der Waals surface area contributed by atoms with Crippen molar-refractivity contribution in [3.05, 3.63) is 0 Å². The number of piperidine rings is 2. The monoisotopic (exact) mass is 139 g/mol. The van der Waals surface area contributed by atoms with Gasteiger partial charge in [-0.15, -0.1) is 0 Å². The van der Waals surface area contributed by atoms with E-state index in [0.29, 0.717) is 0 Å². The van der Waals surface area contributed by atoms with Gasteiger partial charge in [-0.3, -0.25) is 0 Å². The van der Waals surface area contributed by atoms with Crippen LogP contribution in [0, 0.1) is 11.8 Å². The first-order valence-electron chi connectivity index (χ1n) is 4.31. The van der Waals surface area contributed by atoms with E-state index in [2.05, 4.69) is 10.6 Å². The van der Waals surface area contributed by atoms with Crippen molar-refractivity contribution in [3.8, 4) is 0 Å². The molecule has 0 spiro atoms. The molecule has 10 heavy (non-hydrogen) atoms. The average molecular weight is 139 g/mol. The summed E-state index contributed by atoms with van der Waals surface area (Å²) in [5.41, 5.74) is 0. The molecule has 2 nitrogen and oxygen atoms in total. The van der Waals surface area contributed by atoms with E-state index in [1.54, 1.807) is 0 Å². The molecule has 1 radical (unpaired) electrons. The molecule has 2 saturated heterocycles. The molecule has 0 aromatic heterocycles. The molecule has 0 amide bonds. The Morgan fingerprint density at radius 3 is 3.10 bits per heavy atom.